The molecule has 1 saturated heterocycles. The Bertz CT molecular complexity index is 727. The van der Waals surface area contributed by atoms with Crippen LogP contribution in [-0.4, -0.2) is 41.2 Å². The fourth-order valence-corrected chi connectivity index (χ4v) is 3.19. The lowest BCUT2D eigenvalue weighted by atomic mass is 10.1. The van der Waals surface area contributed by atoms with E-state index in [1.165, 1.54) is 0 Å². The predicted molar refractivity (Wildman–Crippen MR) is 96.6 cm³/mol. The Balaban J connectivity index is 1.61. The Morgan fingerprint density at radius 3 is 2.75 bits per heavy atom. The first-order chi connectivity index (χ1) is 11.5. The third-order valence-electron chi connectivity index (χ3n) is 4.14. The monoisotopic (exact) mass is 347 g/mol. The molecule has 5 nitrogen and oxygen atoms in total. The number of rotatable bonds is 3. The predicted octanol–water partition coefficient (Wildman–Crippen LogP) is 4.31. The molecule has 2 heterocycles. The van der Waals surface area contributed by atoms with Gasteiger partial charge in [0.05, 0.1) is 6.10 Å². The third-order valence-corrected chi connectivity index (χ3v) is 4.42. The number of ether oxygens (including phenoxy) is 1. The van der Waals surface area contributed by atoms with Gasteiger partial charge in [-0.3, -0.25) is 0 Å². The first-order valence-corrected chi connectivity index (χ1v) is 8.68. The summed E-state index contributed by atoms with van der Waals surface area (Å²) in [6.07, 6.45) is 1.41. The van der Waals surface area contributed by atoms with E-state index in [0.717, 1.165) is 29.4 Å². The number of amides is 1. The first kappa shape index (κ1) is 16.8. The molecular formula is C18H22ClN3O2. The number of fused-ring (bicyclic) bond motifs is 1. The number of piperidine rings is 1. The minimum Gasteiger partial charge on any atom is -0.447 e. The van der Waals surface area contributed by atoms with Gasteiger partial charge in [0.2, 0.25) is 0 Å². The number of halogens is 1. The van der Waals surface area contributed by atoms with E-state index < -0.39 is 0 Å². The van der Waals surface area contributed by atoms with Crippen molar-refractivity contribution < 1.29 is 9.53 Å². The van der Waals surface area contributed by atoms with Crippen LogP contribution in [0.1, 0.15) is 26.7 Å². The highest BCUT2D eigenvalue weighted by Gasteiger charge is 2.24. The number of hydrogen-bond donors (Lipinski definition) is 1. The second-order valence-electron chi connectivity index (χ2n) is 6.36. The summed E-state index contributed by atoms with van der Waals surface area (Å²) in [7, 11) is 0. The Morgan fingerprint density at radius 2 is 2.04 bits per heavy atom. The van der Waals surface area contributed by atoms with Gasteiger partial charge in [0.25, 0.3) is 0 Å². The molecule has 1 N–H and O–H groups in total. The second kappa shape index (κ2) is 7.26. The molecular weight excluding hydrogens is 326 g/mol. The minimum atomic E-state index is -0.227. The van der Waals surface area contributed by atoms with Crippen molar-refractivity contribution in [3.05, 3.63) is 35.5 Å². The maximum Gasteiger partial charge on any atom is 0.410 e. The zero-order valence-electron chi connectivity index (χ0n) is 14.0. The number of likely N-dealkylation sites (tertiary alicyclic amines) is 1. The zero-order chi connectivity index (χ0) is 17.1. The van der Waals surface area contributed by atoms with Gasteiger partial charge in [0, 0.05) is 24.5 Å². The lowest BCUT2D eigenvalue weighted by molar-refractivity contribution is 0.0701. The van der Waals surface area contributed by atoms with Crippen molar-refractivity contribution >= 4 is 34.3 Å². The number of anilines is 1. The summed E-state index contributed by atoms with van der Waals surface area (Å²) < 4.78 is 5.24. The van der Waals surface area contributed by atoms with Crippen molar-refractivity contribution in [2.24, 2.45) is 0 Å². The van der Waals surface area contributed by atoms with Gasteiger partial charge in [-0.05, 0) is 38.1 Å². The molecule has 24 heavy (non-hydrogen) atoms. The molecule has 0 spiro atoms. The maximum absolute atomic E-state index is 11.9. The smallest absolute Gasteiger partial charge is 0.410 e. The second-order valence-corrected chi connectivity index (χ2v) is 6.72. The lowest BCUT2D eigenvalue weighted by Crippen LogP contribution is -2.43. The van der Waals surface area contributed by atoms with Gasteiger partial charge in [-0.2, -0.15) is 0 Å². The van der Waals surface area contributed by atoms with E-state index in [1.807, 2.05) is 44.2 Å². The van der Waals surface area contributed by atoms with Crippen molar-refractivity contribution in [1.82, 2.24) is 9.88 Å². The summed E-state index contributed by atoms with van der Waals surface area (Å²) in [6.45, 7) is 5.09. The van der Waals surface area contributed by atoms with Gasteiger partial charge >= 0.3 is 6.09 Å². The molecule has 3 rings (SSSR count). The van der Waals surface area contributed by atoms with Crippen LogP contribution in [-0.2, 0) is 4.74 Å². The number of nitrogens with zero attached hydrogens (tertiary/aromatic N) is 2. The van der Waals surface area contributed by atoms with Crippen molar-refractivity contribution in [3.63, 3.8) is 0 Å². The molecule has 2 aromatic rings. The molecule has 0 atom stereocenters. The van der Waals surface area contributed by atoms with Gasteiger partial charge in [0.15, 0.2) is 0 Å². The highest BCUT2D eigenvalue weighted by Crippen LogP contribution is 2.25. The van der Waals surface area contributed by atoms with Crippen LogP contribution in [0.2, 0.25) is 5.15 Å². The van der Waals surface area contributed by atoms with Crippen LogP contribution in [0.15, 0.2) is 30.3 Å². The van der Waals surface area contributed by atoms with E-state index in [-0.39, 0.29) is 18.2 Å². The van der Waals surface area contributed by atoms with Crippen LogP contribution < -0.4 is 5.32 Å². The largest absolute Gasteiger partial charge is 0.447 e. The van der Waals surface area contributed by atoms with Gasteiger partial charge in [-0.25, -0.2) is 9.78 Å². The summed E-state index contributed by atoms with van der Waals surface area (Å²) >= 11 is 6.27. The van der Waals surface area contributed by atoms with E-state index in [1.54, 1.807) is 4.90 Å². The summed E-state index contributed by atoms with van der Waals surface area (Å²) in [6, 6.07) is 10.2. The molecule has 0 unspecified atom stereocenters. The number of carbonyl (C=O) groups is 1. The topological polar surface area (TPSA) is 54.5 Å². The average Bonchev–Trinajstić information content (AvgIpc) is 2.55. The van der Waals surface area contributed by atoms with Crippen LogP contribution >= 0.6 is 11.6 Å². The van der Waals surface area contributed by atoms with E-state index in [2.05, 4.69) is 10.3 Å². The zero-order valence-corrected chi connectivity index (χ0v) is 14.7. The van der Waals surface area contributed by atoms with Crippen LogP contribution in [0.4, 0.5) is 10.6 Å². The molecule has 1 aromatic carbocycles. The Morgan fingerprint density at radius 1 is 1.33 bits per heavy atom. The molecule has 0 saturated carbocycles. The Kier molecular flexibility index (Phi) is 5.09. The average molecular weight is 348 g/mol. The molecule has 1 amide bonds. The van der Waals surface area contributed by atoms with Crippen LogP contribution in [0.25, 0.3) is 10.8 Å². The molecule has 6 heteroatoms. The number of hydrogen-bond acceptors (Lipinski definition) is 4. The number of pyridine rings is 1. The third kappa shape index (κ3) is 3.90. The van der Waals surface area contributed by atoms with E-state index in [9.17, 15) is 4.79 Å². The highest BCUT2D eigenvalue weighted by molar-refractivity contribution is 6.34. The number of nitrogens with one attached hydrogen (secondary N) is 1. The fraction of sp³-hybridized carbons (Fsp3) is 0.444. The Labute approximate surface area is 146 Å². The van der Waals surface area contributed by atoms with Gasteiger partial charge in [-0.1, -0.05) is 35.9 Å². The van der Waals surface area contributed by atoms with Crippen molar-refractivity contribution in [1.29, 1.82) is 0 Å². The van der Waals surface area contributed by atoms with E-state index in [0.29, 0.717) is 18.2 Å². The Hall–Kier alpha value is -2.01. The van der Waals surface area contributed by atoms with Crippen LogP contribution in [0.5, 0.6) is 0 Å². The highest BCUT2D eigenvalue weighted by atomic mass is 35.5. The lowest BCUT2D eigenvalue weighted by Gasteiger charge is -2.32. The quantitative estimate of drug-likeness (QED) is 0.840. The summed E-state index contributed by atoms with van der Waals surface area (Å²) in [5.41, 5.74) is 0. The molecule has 1 fully saturated rings. The van der Waals surface area contributed by atoms with Crippen molar-refractivity contribution in [2.75, 3.05) is 18.4 Å². The van der Waals surface area contributed by atoms with E-state index in [4.69, 9.17) is 16.3 Å². The summed E-state index contributed by atoms with van der Waals surface area (Å²) in [4.78, 5) is 18.1. The molecule has 1 aromatic heterocycles. The van der Waals surface area contributed by atoms with Crippen LogP contribution in [0.3, 0.4) is 0 Å². The molecule has 1 aliphatic rings. The SMILES string of the molecule is CC(C)OC(=O)N1CCC(Nc2cc3ccccc3c(Cl)n2)CC1. The molecule has 128 valence electrons. The number of aromatic nitrogens is 1. The van der Waals surface area contributed by atoms with Gasteiger partial charge in [-0.15, -0.1) is 0 Å². The number of carbonyl (C=O) groups excluding carboxylic acids is 1. The maximum atomic E-state index is 11.9. The van der Waals surface area contributed by atoms with Gasteiger partial charge in [0.1, 0.15) is 11.0 Å². The van der Waals surface area contributed by atoms with E-state index >= 15 is 0 Å². The van der Waals surface area contributed by atoms with Gasteiger partial charge < -0.3 is 15.0 Å². The first-order valence-electron chi connectivity index (χ1n) is 8.30. The minimum absolute atomic E-state index is 0.0858. The molecule has 1 aliphatic heterocycles. The summed E-state index contributed by atoms with van der Waals surface area (Å²) in [5, 5.41) is 5.97. The number of benzene rings is 1. The normalized spacial score (nSPS) is 15.8. The molecule has 0 bridgehead atoms. The van der Waals surface area contributed by atoms with Crippen molar-refractivity contribution in [2.45, 2.75) is 38.8 Å². The van der Waals surface area contributed by atoms with Crippen molar-refractivity contribution in [3.8, 4) is 0 Å². The molecule has 0 radical (unpaired) electrons. The van der Waals surface area contributed by atoms with Crippen LogP contribution in [0, 0.1) is 0 Å². The molecule has 0 aliphatic carbocycles. The fourth-order valence-electron chi connectivity index (χ4n) is 2.92. The summed E-state index contributed by atoms with van der Waals surface area (Å²) in [5.74, 6) is 0.780. The standard InChI is InChI=1S/C18H22ClN3O2/c1-12(2)24-18(23)22-9-7-14(8-10-22)20-16-11-13-5-3-4-6-15(13)17(19)21-16/h3-6,11-12,14H,7-10H2,1-2H3,(H,20,21).